The molecule has 0 amide bonds. The monoisotopic (exact) mass is 398 g/mol. The smallest absolute Gasteiger partial charge is 0.203 e. The maximum absolute atomic E-state index is 12.8. The molecule has 5 nitrogen and oxygen atoms in total. The van der Waals surface area contributed by atoms with Gasteiger partial charge >= 0.3 is 0 Å². The number of fused-ring (bicyclic) bond motifs is 1. The first kappa shape index (κ1) is 18.8. The van der Waals surface area contributed by atoms with Crippen LogP contribution in [0.2, 0.25) is 0 Å². The zero-order valence-electron chi connectivity index (χ0n) is 14.9. The minimum atomic E-state index is -0.367. The van der Waals surface area contributed by atoms with E-state index in [-0.39, 0.29) is 23.9 Å². The Hall–Kier alpha value is -1.53. The zero-order chi connectivity index (χ0) is 18.1. The summed E-state index contributed by atoms with van der Waals surface area (Å²) < 4.78 is 23.1. The first-order valence-electron chi connectivity index (χ1n) is 7.63. The number of benzene rings is 1. The number of halogens is 1. The first-order chi connectivity index (χ1) is 11.2. The highest BCUT2D eigenvalue weighted by Crippen LogP contribution is 2.45. The quantitative estimate of drug-likeness (QED) is 0.759. The van der Waals surface area contributed by atoms with Gasteiger partial charge in [-0.2, -0.15) is 0 Å². The predicted molar refractivity (Wildman–Crippen MR) is 96.6 cm³/mol. The Morgan fingerprint density at radius 3 is 2.21 bits per heavy atom. The van der Waals surface area contributed by atoms with E-state index in [1.807, 2.05) is 26.8 Å². The van der Waals surface area contributed by atoms with E-state index in [0.717, 1.165) is 4.48 Å². The molecule has 0 saturated heterocycles. The standard InChI is InChI=1S/C18H23BrO5/c1-18(2,3)24-14-9-13(20)10-8-15(21-4)17(23-6)16(22-5)11(10)7-12(14)19/h7-8,14H,9H2,1-6H3. The van der Waals surface area contributed by atoms with Crippen LogP contribution in [0.1, 0.15) is 43.1 Å². The molecule has 1 aliphatic carbocycles. The van der Waals surface area contributed by atoms with Crippen molar-refractivity contribution < 1.29 is 23.7 Å². The van der Waals surface area contributed by atoms with Crippen molar-refractivity contribution in [2.75, 3.05) is 21.3 Å². The number of carbonyl (C=O) groups is 1. The largest absolute Gasteiger partial charge is 0.493 e. The summed E-state index contributed by atoms with van der Waals surface area (Å²) in [5.41, 5.74) is 0.821. The van der Waals surface area contributed by atoms with Gasteiger partial charge in [-0.15, -0.1) is 0 Å². The average molecular weight is 399 g/mol. The number of Topliss-reactive ketones (excluding diaryl/α,β-unsaturated/α-hetero) is 1. The van der Waals surface area contributed by atoms with E-state index in [0.29, 0.717) is 28.4 Å². The number of ether oxygens (including phenoxy) is 4. The number of methoxy groups -OCH3 is 3. The molecule has 0 spiro atoms. The Labute approximate surface area is 151 Å². The van der Waals surface area contributed by atoms with Gasteiger partial charge in [0.25, 0.3) is 0 Å². The normalized spacial score (nSPS) is 17.7. The number of hydrogen-bond donors (Lipinski definition) is 0. The van der Waals surface area contributed by atoms with Gasteiger partial charge in [0, 0.05) is 22.0 Å². The van der Waals surface area contributed by atoms with E-state index in [9.17, 15) is 4.79 Å². The summed E-state index contributed by atoms with van der Waals surface area (Å²) in [6.45, 7) is 5.88. The van der Waals surface area contributed by atoms with E-state index in [4.69, 9.17) is 18.9 Å². The number of ketones is 1. The molecule has 0 heterocycles. The Balaban J connectivity index is 2.62. The molecular formula is C18H23BrO5. The van der Waals surface area contributed by atoms with Crippen molar-refractivity contribution in [3.05, 3.63) is 21.7 Å². The van der Waals surface area contributed by atoms with Crippen LogP contribution < -0.4 is 14.2 Å². The molecule has 1 aromatic rings. The maximum Gasteiger partial charge on any atom is 0.203 e. The summed E-state index contributed by atoms with van der Waals surface area (Å²) in [5.74, 6) is 1.34. The number of hydrogen-bond acceptors (Lipinski definition) is 5. The predicted octanol–water partition coefficient (Wildman–Crippen LogP) is 4.22. The van der Waals surface area contributed by atoms with Crippen LogP contribution in [-0.4, -0.2) is 38.8 Å². The van der Waals surface area contributed by atoms with E-state index < -0.39 is 0 Å². The van der Waals surface area contributed by atoms with E-state index in [2.05, 4.69) is 15.9 Å². The van der Waals surface area contributed by atoms with E-state index in [1.54, 1.807) is 6.07 Å². The minimum absolute atomic E-state index is 0.0378. The van der Waals surface area contributed by atoms with Gasteiger partial charge in [0.2, 0.25) is 5.75 Å². The van der Waals surface area contributed by atoms with Crippen LogP contribution in [0.5, 0.6) is 17.2 Å². The van der Waals surface area contributed by atoms with Crippen molar-refractivity contribution in [3.63, 3.8) is 0 Å². The van der Waals surface area contributed by atoms with E-state index in [1.165, 1.54) is 21.3 Å². The fourth-order valence-electron chi connectivity index (χ4n) is 2.68. The molecule has 0 N–H and O–H groups in total. The highest BCUT2D eigenvalue weighted by molar-refractivity contribution is 9.11. The molecule has 0 aliphatic heterocycles. The number of rotatable bonds is 4. The lowest BCUT2D eigenvalue weighted by molar-refractivity contribution is -0.0385. The van der Waals surface area contributed by atoms with Crippen LogP contribution in [0.3, 0.4) is 0 Å². The van der Waals surface area contributed by atoms with Crippen LogP contribution in [0.25, 0.3) is 6.08 Å². The molecule has 0 saturated carbocycles. The van der Waals surface area contributed by atoms with Gasteiger partial charge in [-0.05, 0) is 32.9 Å². The molecule has 2 rings (SSSR count). The first-order valence-corrected chi connectivity index (χ1v) is 8.42. The van der Waals surface area contributed by atoms with Crippen molar-refractivity contribution in [1.82, 2.24) is 0 Å². The maximum atomic E-state index is 12.8. The van der Waals surface area contributed by atoms with Crippen LogP contribution in [0.15, 0.2) is 10.5 Å². The summed E-state index contributed by atoms with van der Waals surface area (Å²) in [6.07, 6.45) is 1.74. The summed E-state index contributed by atoms with van der Waals surface area (Å²) >= 11 is 3.56. The fraction of sp³-hybridized carbons (Fsp3) is 0.500. The van der Waals surface area contributed by atoms with Gasteiger partial charge in [-0.3, -0.25) is 4.79 Å². The molecule has 0 radical (unpaired) electrons. The van der Waals surface area contributed by atoms with Crippen LogP contribution in [0.4, 0.5) is 0 Å². The molecule has 24 heavy (non-hydrogen) atoms. The third-order valence-electron chi connectivity index (χ3n) is 3.63. The van der Waals surface area contributed by atoms with E-state index >= 15 is 0 Å². The second-order valence-electron chi connectivity index (χ2n) is 6.48. The lowest BCUT2D eigenvalue weighted by atomic mass is 10.0. The minimum Gasteiger partial charge on any atom is -0.493 e. The molecule has 132 valence electrons. The molecule has 6 heteroatoms. The van der Waals surface area contributed by atoms with Gasteiger partial charge in [0.1, 0.15) is 0 Å². The van der Waals surface area contributed by atoms with Gasteiger partial charge in [-0.1, -0.05) is 15.9 Å². The summed E-state index contributed by atoms with van der Waals surface area (Å²) in [6, 6.07) is 1.69. The lowest BCUT2D eigenvalue weighted by Crippen LogP contribution is -2.29. The van der Waals surface area contributed by atoms with Crippen molar-refractivity contribution in [1.29, 1.82) is 0 Å². The zero-order valence-corrected chi connectivity index (χ0v) is 16.4. The van der Waals surface area contributed by atoms with Gasteiger partial charge < -0.3 is 18.9 Å². The second kappa shape index (κ2) is 7.15. The molecule has 1 atom stereocenters. The topological polar surface area (TPSA) is 54.0 Å². The van der Waals surface area contributed by atoms with Crippen LogP contribution in [-0.2, 0) is 4.74 Å². The molecule has 1 aromatic carbocycles. The molecular weight excluding hydrogens is 376 g/mol. The Bertz CT molecular complexity index is 673. The summed E-state index contributed by atoms with van der Waals surface area (Å²) in [4.78, 5) is 12.8. The highest BCUT2D eigenvalue weighted by Gasteiger charge is 2.31. The SMILES string of the molecule is COc1cc2c(c(OC)c1OC)C=C(Br)C(OC(C)(C)C)CC2=O. The Kier molecular flexibility index (Phi) is 5.60. The number of carbonyl (C=O) groups excluding carboxylic acids is 1. The molecule has 0 bridgehead atoms. The fourth-order valence-corrected chi connectivity index (χ4v) is 3.17. The van der Waals surface area contributed by atoms with Crippen LogP contribution in [0, 0.1) is 0 Å². The Morgan fingerprint density at radius 2 is 1.71 bits per heavy atom. The summed E-state index contributed by atoms with van der Waals surface area (Å²) in [7, 11) is 4.61. The second-order valence-corrected chi connectivity index (χ2v) is 7.40. The third kappa shape index (κ3) is 3.75. The molecule has 0 fully saturated rings. The molecule has 0 aromatic heterocycles. The van der Waals surface area contributed by atoms with Gasteiger partial charge in [0.15, 0.2) is 17.3 Å². The third-order valence-corrected chi connectivity index (χ3v) is 4.36. The Morgan fingerprint density at radius 1 is 1.08 bits per heavy atom. The van der Waals surface area contributed by atoms with Crippen molar-refractivity contribution in [3.8, 4) is 17.2 Å². The average Bonchev–Trinajstić information content (AvgIpc) is 2.61. The lowest BCUT2D eigenvalue weighted by Gasteiger charge is -2.26. The van der Waals surface area contributed by atoms with Crippen molar-refractivity contribution >= 4 is 27.8 Å². The van der Waals surface area contributed by atoms with Crippen LogP contribution >= 0.6 is 15.9 Å². The summed E-state index contributed by atoms with van der Waals surface area (Å²) in [5, 5.41) is 0. The van der Waals surface area contributed by atoms with Crippen molar-refractivity contribution in [2.24, 2.45) is 0 Å². The van der Waals surface area contributed by atoms with Gasteiger partial charge in [0.05, 0.1) is 33.0 Å². The molecule has 1 aliphatic rings. The molecule has 1 unspecified atom stereocenters. The van der Waals surface area contributed by atoms with Crippen molar-refractivity contribution in [2.45, 2.75) is 38.9 Å². The van der Waals surface area contributed by atoms with Gasteiger partial charge in [-0.25, -0.2) is 0 Å². The highest BCUT2D eigenvalue weighted by atomic mass is 79.9.